The maximum absolute atomic E-state index is 4.53. The van der Waals surface area contributed by atoms with E-state index in [2.05, 4.69) is 32.9 Å². The first kappa shape index (κ1) is 13.9. The summed E-state index contributed by atoms with van der Waals surface area (Å²) in [6.07, 6.45) is 13.5. The molecule has 112 valence electrons. The van der Waals surface area contributed by atoms with Crippen molar-refractivity contribution < 1.29 is 0 Å². The van der Waals surface area contributed by atoms with Gasteiger partial charge in [-0.3, -0.25) is 0 Å². The van der Waals surface area contributed by atoms with E-state index in [4.69, 9.17) is 0 Å². The number of likely N-dealkylation sites (tertiary alicyclic amines) is 1. The van der Waals surface area contributed by atoms with E-state index in [1.54, 1.807) is 0 Å². The van der Waals surface area contributed by atoms with Crippen LogP contribution in [0.4, 0.5) is 5.95 Å². The van der Waals surface area contributed by atoms with Gasteiger partial charge in [-0.05, 0) is 45.7 Å². The fraction of sp³-hybridized carbons (Fsp3) is 0.812. The minimum atomic E-state index is 0.500. The van der Waals surface area contributed by atoms with E-state index >= 15 is 0 Å². The molecule has 0 spiro atoms. The van der Waals surface area contributed by atoms with Crippen LogP contribution in [0.3, 0.4) is 0 Å². The van der Waals surface area contributed by atoms with Gasteiger partial charge in [-0.15, -0.1) is 0 Å². The number of rotatable bonds is 5. The van der Waals surface area contributed by atoms with Crippen LogP contribution < -0.4 is 5.32 Å². The third kappa shape index (κ3) is 3.35. The van der Waals surface area contributed by atoms with Crippen molar-refractivity contribution in [3.63, 3.8) is 0 Å². The maximum Gasteiger partial charge on any atom is 0.203 e. The molecule has 2 aliphatic rings. The molecule has 0 bridgehead atoms. The average Bonchev–Trinajstić information content (AvgIpc) is 3.12. The molecule has 0 aromatic carbocycles. The average molecular weight is 276 g/mol. The van der Waals surface area contributed by atoms with Gasteiger partial charge in [0.25, 0.3) is 0 Å². The van der Waals surface area contributed by atoms with E-state index in [1.807, 2.05) is 6.20 Å². The van der Waals surface area contributed by atoms with E-state index in [0.717, 1.165) is 12.5 Å². The molecule has 1 saturated heterocycles. The van der Waals surface area contributed by atoms with Gasteiger partial charge in [0, 0.05) is 31.0 Å². The van der Waals surface area contributed by atoms with Gasteiger partial charge >= 0.3 is 0 Å². The summed E-state index contributed by atoms with van der Waals surface area (Å²) in [5, 5.41) is 3.64. The molecule has 1 saturated carbocycles. The van der Waals surface area contributed by atoms with Gasteiger partial charge < -0.3 is 14.8 Å². The van der Waals surface area contributed by atoms with Crippen LogP contribution in [0.5, 0.6) is 0 Å². The number of piperidine rings is 1. The van der Waals surface area contributed by atoms with Crippen molar-refractivity contribution in [2.24, 2.45) is 0 Å². The predicted molar refractivity (Wildman–Crippen MR) is 83.1 cm³/mol. The van der Waals surface area contributed by atoms with Crippen molar-refractivity contribution in [1.82, 2.24) is 14.5 Å². The van der Waals surface area contributed by atoms with Crippen LogP contribution in [0.15, 0.2) is 12.4 Å². The second kappa shape index (κ2) is 6.61. The van der Waals surface area contributed by atoms with Crippen LogP contribution in [0.25, 0.3) is 0 Å². The lowest BCUT2D eigenvalue weighted by molar-refractivity contribution is 0.202. The van der Waals surface area contributed by atoms with Crippen molar-refractivity contribution in [2.45, 2.75) is 64.0 Å². The number of hydrogen-bond donors (Lipinski definition) is 1. The molecule has 4 heteroatoms. The number of nitrogens with one attached hydrogen (secondary N) is 1. The summed E-state index contributed by atoms with van der Waals surface area (Å²) in [7, 11) is 0. The highest BCUT2D eigenvalue weighted by molar-refractivity contribution is 5.28. The lowest BCUT2D eigenvalue weighted by atomic mass is 10.1. The third-order valence-electron chi connectivity index (χ3n) is 4.80. The van der Waals surface area contributed by atoms with Crippen LogP contribution in [-0.4, -0.2) is 40.1 Å². The van der Waals surface area contributed by atoms with Gasteiger partial charge in [0.2, 0.25) is 5.95 Å². The highest BCUT2D eigenvalue weighted by atomic mass is 15.2. The van der Waals surface area contributed by atoms with E-state index in [-0.39, 0.29) is 0 Å². The van der Waals surface area contributed by atoms with Gasteiger partial charge in [-0.1, -0.05) is 19.3 Å². The molecule has 1 aliphatic carbocycles. The topological polar surface area (TPSA) is 33.1 Å². The number of aromatic nitrogens is 2. The zero-order valence-electron chi connectivity index (χ0n) is 12.7. The van der Waals surface area contributed by atoms with Gasteiger partial charge in [-0.25, -0.2) is 4.98 Å². The monoisotopic (exact) mass is 276 g/mol. The van der Waals surface area contributed by atoms with E-state index in [1.165, 1.54) is 58.0 Å². The summed E-state index contributed by atoms with van der Waals surface area (Å²) in [5.41, 5.74) is 0. The Bertz CT molecular complexity index is 402. The number of imidazole rings is 1. The van der Waals surface area contributed by atoms with Crippen LogP contribution in [0.1, 0.15) is 57.9 Å². The van der Waals surface area contributed by atoms with Crippen LogP contribution in [0, 0.1) is 0 Å². The first-order valence-electron chi connectivity index (χ1n) is 8.34. The fourth-order valence-electron chi connectivity index (χ4n) is 3.64. The number of nitrogens with zero attached hydrogens (tertiary/aromatic N) is 3. The summed E-state index contributed by atoms with van der Waals surface area (Å²) in [6.45, 7) is 6.00. The molecule has 1 unspecified atom stereocenters. The Morgan fingerprint density at radius 2 is 1.95 bits per heavy atom. The molecule has 20 heavy (non-hydrogen) atoms. The zero-order chi connectivity index (χ0) is 13.8. The molecular formula is C16H28N4. The Labute approximate surface area is 122 Å². The molecular weight excluding hydrogens is 248 g/mol. The van der Waals surface area contributed by atoms with E-state index in [0.29, 0.717) is 12.1 Å². The smallest absolute Gasteiger partial charge is 0.203 e. The Hall–Kier alpha value is -1.03. The lowest BCUT2D eigenvalue weighted by Gasteiger charge is -2.30. The van der Waals surface area contributed by atoms with Gasteiger partial charge in [0.05, 0.1) is 0 Å². The van der Waals surface area contributed by atoms with E-state index in [9.17, 15) is 0 Å². The third-order valence-corrected chi connectivity index (χ3v) is 4.80. The summed E-state index contributed by atoms with van der Waals surface area (Å²) in [5.74, 6) is 1.07. The Kier molecular flexibility index (Phi) is 4.61. The van der Waals surface area contributed by atoms with Crippen molar-refractivity contribution in [1.29, 1.82) is 0 Å². The molecule has 0 amide bonds. The van der Waals surface area contributed by atoms with Gasteiger partial charge in [-0.2, -0.15) is 0 Å². The summed E-state index contributed by atoms with van der Waals surface area (Å²) in [4.78, 5) is 7.13. The minimum Gasteiger partial charge on any atom is -0.353 e. The van der Waals surface area contributed by atoms with Gasteiger partial charge in [0.15, 0.2) is 0 Å². The highest BCUT2D eigenvalue weighted by Crippen LogP contribution is 2.23. The Balaban J connectivity index is 1.59. The molecule has 1 aromatic heterocycles. The minimum absolute atomic E-state index is 0.500. The van der Waals surface area contributed by atoms with Crippen LogP contribution in [0.2, 0.25) is 0 Å². The maximum atomic E-state index is 4.53. The number of anilines is 1. The quantitative estimate of drug-likeness (QED) is 0.896. The first-order chi connectivity index (χ1) is 9.83. The largest absolute Gasteiger partial charge is 0.353 e. The van der Waals surface area contributed by atoms with Crippen molar-refractivity contribution >= 4 is 5.95 Å². The molecule has 3 rings (SSSR count). The fourth-order valence-corrected chi connectivity index (χ4v) is 3.64. The molecule has 2 heterocycles. The number of hydrogen-bond acceptors (Lipinski definition) is 3. The van der Waals surface area contributed by atoms with Gasteiger partial charge in [0.1, 0.15) is 0 Å². The second-order valence-corrected chi connectivity index (χ2v) is 6.49. The summed E-state index contributed by atoms with van der Waals surface area (Å²) >= 11 is 0. The lowest BCUT2D eigenvalue weighted by Crippen LogP contribution is -2.34. The highest BCUT2D eigenvalue weighted by Gasteiger charge is 2.19. The zero-order valence-corrected chi connectivity index (χ0v) is 12.7. The molecule has 2 fully saturated rings. The SMILES string of the molecule is CC(CN1CCCCC1)n1ccnc1NC1CCCC1. The molecule has 1 atom stereocenters. The van der Waals surface area contributed by atoms with E-state index < -0.39 is 0 Å². The van der Waals surface area contributed by atoms with Crippen molar-refractivity contribution in [2.75, 3.05) is 25.0 Å². The first-order valence-corrected chi connectivity index (χ1v) is 8.34. The molecule has 4 nitrogen and oxygen atoms in total. The van der Waals surface area contributed by atoms with Crippen molar-refractivity contribution in [3.8, 4) is 0 Å². The second-order valence-electron chi connectivity index (χ2n) is 6.49. The van der Waals surface area contributed by atoms with Crippen LogP contribution in [-0.2, 0) is 0 Å². The molecule has 1 aliphatic heterocycles. The predicted octanol–water partition coefficient (Wildman–Crippen LogP) is 3.28. The Morgan fingerprint density at radius 1 is 1.20 bits per heavy atom. The molecule has 1 aromatic rings. The summed E-state index contributed by atoms with van der Waals surface area (Å²) < 4.78 is 2.33. The Morgan fingerprint density at radius 3 is 2.70 bits per heavy atom. The van der Waals surface area contributed by atoms with Crippen LogP contribution >= 0.6 is 0 Å². The summed E-state index contributed by atoms with van der Waals surface area (Å²) in [6, 6.07) is 1.14. The normalized spacial score (nSPS) is 23.1. The molecule has 0 radical (unpaired) electrons. The standard InChI is InChI=1S/C16H28N4/c1-14(13-19-10-5-2-6-11-19)20-12-9-17-16(20)18-15-7-3-4-8-15/h9,12,14-15H,2-8,10-11,13H2,1H3,(H,17,18). The van der Waals surface area contributed by atoms with Crippen molar-refractivity contribution in [3.05, 3.63) is 12.4 Å². The molecule has 1 N–H and O–H groups in total.